The van der Waals surface area contributed by atoms with Crippen LogP contribution in [0.25, 0.3) is 5.69 Å². The van der Waals surface area contributed by atoms with Crippen LogP contribution in [0.2, 0.25) is 0 Å². The Bertz CT molecular complexity index is 695. The number of rotatable bonds is 6. The minimum absolute atomic E-state index is 0.0886. The predicted octanol–water partition coefficient (Wildman–Crippen LogP) is 2.28. The van der Waals surface area contributed by atoms with E-state index in [0.717, 1.165) is 25.1 Å². The third-order valence-electron chi connectivity index (χ3n) is 4.94. The highest BCUT2D eigenvalue weighted by Gasteiger charge is 2.41. The average Bonchev–Trinajstić information content (AvgIpc) is 3.12. The van der Waals surface area contributed by atoms with Crippen LogP contribution in [0.5, 0.6) is 0 Å². The maximum Gasteiger partial charge on any atom is 0.315 e. The Labute approximate surface area is 147 Å². The quantitative estimate of drug-likeness (QED) is 0.848. The van der Waals surface area contributed by atoms with Crippen LogP contribution in [0.3, 0.4) is 0 Å². The summed E-state index contributed by atoms with van der Waals surface area (Å²) in [6.45, 7) is 1.38. The predicted molar refractivity (Wildman–Crippen MR) is 94.7 cm³/mol. The zero-order chi connectivity index (χ0) is 17.1. The van der Waals surface area contributed by atoms with Crippen LogP contribution in [-0.2, 0) is 11.2 Å². The molecule has 6 nitrogen and oxygen atoms in total. The molecule has 2 N–H and O–H groups in total. The van der Waals surface area contributed by atoms with Crippen molar-refractivity contribution in [1.29, 1.82) is 0 Å². The topological polar surface area (TPSA) is 68.2 Å². The maximum atomic E-state index is 12.1. The number of urea groups is 1. The SMILES string of the molecule is O=C(NCCc1ccc(-n2cccn2)cc1)N[C@@H]1CCO[C@@H]1C1CC1. The van der Waals surface area contributed by atoms with Crippen molar-refractivity contribution in [2.24, 2.45) is 5.92 Å². The molecule has 2 aromatic rings. The van der Waals surface area contributed by atoms with Crippen molar-refractivity contribution in [1.82, 2.24) is 20.4 Å². The molecule has 1 saturated carbocycles. The summed E-state index contributed by atoms with van der Waals surface area (Å²) < 4.78 is 7.59. The Kier molecular flexibility index (Phi) is 4.70. The smallest absolute Gasteiger partial charge is 0.315 e. The number of carbonyl (C=O) groups excluding carboxylic acids is 1. The molecule has 0 spiro atoms. The molecule has 25 heavy (non-hydrogen) atoms. The molecule has 2 atom stereocenters. The van der Waals surface area contributed by atoms with Crippen molar-refractivity contribution in [2.75, 3.05) is 13.2 Å². The number of hydrogen-bond acceptors (Lipinski definition) is 3. The second-order valence-electron chi connectivity index (χ2n) is 6.84. The molecule has 0 unspecified atom stereocenters. The Morgan fingerprint density at radius 3 is 2.80 bits per heavy atom. The highest BCUT2D eigenvalue weighted by molar-refractivity contribution is 5.74. The normalized spacial score (nSPS) is 22.7. The van der Waals surface area contributed by atoms with Crippen molar-refractivity contribution in [3.63, 3.8) is 0 Å². The first kappa shape index (κ1) is 16.1. The Balaban J connectivity index is 1.21. The van der Waals surface area contributed by atoms with E-state index >= 15 is 0 Å². The Hall–Kier alpha value is -2.34. The van der Waals surface area contributed by atoms with Gasteiger partial charge in [-0.1, -0.05) is 12.1 Å². The van der Waals surface area contributed by atoms with Gasteiger partial charge in [0.25, 0.3) is 0 Å². The summed E-state index contributed by atoms with van der Waals surface area (Å²) in [5.74, 6) is 0.654. The fraction of sp³-hybridized carbons (Fsp3) is 0.474. The van der Waals surface area contributed by atoms with Crippen LogP contribution in [-0.4, -0.2) is 41.1 Å². The molecule has 1 aromatic carbocycles. The van der Waals surface area contributed by atoms with Crippen molar-refractivity contribution in [3.8, 4) is 5.69 Å². The van der Waals surface area contributed by atoms with Gasteiger partial charge in [0, 0.05) is 25.5 Å². The summed E-state index contributed by atoms with van der Waals surface area (Å²) in [5, 5.41) is 10.2. The van der Waals surface area contributed by atoms with Crippen molar-refractivity contribution in [3.05, 3.63) is 48.3 Å². The van der Waals surface area contributed by atoms with Gasteiger partial charge in [-0.2, -0.15) is 5.10 Å². The second-order valence-corrected chi connectivity index (χ2v) is 6.84. The van der Waals surface area contributed by atoms with Crippen molar-refractivity contribution in [2.45, 2.75) is 37.8 Å². The first-order valence-corrected chi connectivity index (χ1v) is 9.04. The lowest BCUT2D eigenvalue weighted by Gasteiger charge is -2.19. The van der Waals surface area contributed by atoms with Crippen LogP contribution in [0.15, 0.2) is 42.7 Å². The fourth-order valence-corrected chi connectivity index (χ4v) is 3.43. The number of nitrogens with zero attached hydrogens (tertiary/aromatic N) is 2. The van der Waals surface area contributed by atoms with Gasteiger partial charge < -0.3 is 15.4 Å². The molecule has 6 heteroatoms. The molecule has 4 rings (SSSR count). The minimum atomic E-state index is -0.0886. The number of amides is 2. The number of aromatic nitrogens is 2. The van der Waals surface area contributed by atoms with Gasteiger partial charge in [-0.05, 0) is 55.4 Å². The molecule has 2 aliphatic rings. The first-order valence-electron chi connectivity index (χ1n) is 9.04. The van der Waals surface area contributed by atoms with Gasteiger partial charge in [0.2, 0.25) is 0 Å². The van der Waals surface area contributed by atoms with Crippen LogP contribution in [0.4, 0.5) is 4.79 Å². The summed E-state index contributed by atoms with van der Waals surface area (Å²) in [7, 11) is 0. The van der Waals surface area contributed by atoms with E-state index in [1.807, 2.05) is 29.1 Å². The van der Waals surface area contributed by atoms with Crippen molar-refractivity contribution < 1.29 is 9.53 Å². The molecular weight excluding hydrogens is 316 g/mol. The van der Waals surface area contributed by atoms with E-state index in [1.54, 1.807) is 6.20 Å². The van der Waals surface area contributed by atoms with E-state index in [9.17, 15) is 4.79 Å². The lowest BCUT2D eigenvalue weighted by molar-refractivity contribution is 0.0825. The molecule has 1 aromatic heterocycles. The molecule has 1 saturated heterocycles. The minimum Gasteiger partial charge on any atom is -0.376 e. The number of benzene rings is 1. The van der Waals surface area contributed by atoms with E-state index in [-0.39, 0.29) is 18.2 Å². The van der Waals surface area contributed by atoms with Gasteiger partial charge in [0.1, 0.15) is 0 Å². The third-order valence-corrected chi connectivity index (χ3v) is 4.94. The molecule has 2 amide bonds. The van der Waals surface area contributed by atoms with Crippen LogP contribution in [0.1, 0.15) is 24.8 Å². The highest BCUT2D eigenvalue weighted by Crippen LogP contribution is 2.38. The van der Waals surface area contributed by atoms with E-state index in [1.165, 1.54) is 18.4 Å². The summed E-state index contributed by atoms with van der Waals surface area (Å²) in [6.07, 6.45) is 8.10. The summed E-state index contributed by atoms with van der Waals surface area (Å²) >= 11 is 0. The molecule has 2 heterocycles. The molecule has 2 fully saturated rings. The summed E-state index contributed by atoms with van der Waals surface area (Å²) in [5.41, 5.74) is 2.23. The summed E-state index contributed by atoms with van der Waals surface area (Å²) in [4.78, 5) is 12.1. The lowest BCUT2D eigenvalue weighted by atomic mass is 10.1. The zero-order valence-electron chi connectivity index (χ0n) is 14.2. The van der Waals surface area contributed by atoms with Gasteiger partial charge in [0.05, 0.1) is 17.8 Å². The van der Waals surface area contributed by atoms with E-state index in [4.69, 9.17) is 4.74 Å². The number of ether oxygens (including phenoxy) is 1. The van der Waals surface area contributed by atoms with E-state index in [0.29, 0.717) is 12.5 Å². The first-order chi connectivity index (χ1) is 12.3. The van der Waals surface area contributed by atoms with Crippen molar-refractivity contribution >= 4 is 6.03 Å². The number of carbonyl (C=O) groups is 1. The Morgan fingerprint density at radius 1 is 1.24 bits per heavy atom. The van der Waals surface area contributed by atoms with Gasteiger partial charge >= 0.3 is 6.03 Å². The van der Waals surface area contributed by atoms with Gasteiger partial charge in [-0.25, -0.2) is 9.48 Å². The van der Waals surface area contributed by atoms with Crippen LogP contribution >= 0.6 is 0 Å². The van der Waals surface area contributed by atoms with Crippen LogP contribution in [0, 0.1) is 5.92 Å². The molecule has 132 valence electrons. The monoisotopic (exact) mass is 340 g/mol. The average molecular weight is 340 g/mol. The molecule has 0 bridgehead atoms. The lowest BCUT2D eigenvalue weighted by Crippen LogP contribution is -2.46. The zero-order valence-corrected chi connectivity index (χ0v) is 14.2. The van der Waals surface area contributed by atoms with Crippen LogP contribution < -0.4 is 10.6 Å². The number of hydrogen-bond donors (Lipinski definition) is 2. The van der Waals surface area contributed by atoms with Gasteiger partial charge in [-0.3, -0.25) is 0 Å². The van der Waals surface area contributed by atoms with Gasteiger partial charge in [-0.15, -0.1) is 0 Å². The molecule has 0 radical (unpaired) electrons. The van der Waals surface area contributed by atoms with E-state index < -0.39 is 0 Å². The third kappa shape index (κ3) is 4.02. The highest BCUT2D eigenvalue weighted by atomic mass is 16.5. The fourth-order valence-electron chi connectivity index (χ4n) is 3.43. The molecular formula is C19H24N4O2. The maximum absolute atomic E-state index is 12.1. The largest absolute Gasteiger partial charge is 0.376 e. The molecule has 1 aliphatic heterocycles. The van der Waals surface area contributed by atoms with Gasteiger partial charge in [0.15, 0.2) is 0 Å². The van der Waals surface area contributed by atoms with E-state index in [2.05, 4.69) is 27.9 Å². The molecule has 1 aliphatic carbocycles. The standard InChI is InChI=1S/C19H24N4O2/c24-19(22-17-9-13-25-18(17)15-4-5-15)20-11-8-14-2-6-16(7-3-14)23-12-1-10-21-23/h1-3,6-7,10,12,15,17-18H,4-5,8-9,11,13H2,(H2,20,22,24)/t17-,18-/m1/s1. The second kappa shape index (κ2) is 7.27. The Morgan fingerprint density at radius 2 is 2.08 bits per heavy atom. The number of nitrogens with one attached hydrogen (secondary N) is 2. The summed E-state index contributed by atoms with van der Waals surface area (Å²) in [6, 6.07) is 10.2.